The highest BCUT2D eigenvalue weighted by molar-refractivity contribution is 5.91. The number of hydrogen-bond donors (Lipinski definition) is 1. The molecule has 0 fully saturated rings. The van der Waals surface area contributed by atoms with Crippen LogP contribution in [0.1, 0.15) is 5.56 Å². The monoisotopic (exact) mass is 271 g/mol. The fourth-order valence-electron chi connectivity index (χ4n) is 1.63. The molecule has 0 aliphatic heterocycles. The Hall–Kier alpha value is -2.82. The Bertz CT molecular complexity index is 583. The number of para-hydroxylation sites is 1. The van der Waals surface area contributed by atoms with E-state index in [1.165, 1.54) is 0 Å². The van der Waals surface area contributed by atoms with Crippen molar-refractivity contribution in [1.29, 1.82) is 0 Å². The minimum Gasteiger partial charge on any atom is -0.462 e. The van der Waals surface area contributed by atoms with Crippen LogP contribution in [0.4, 0.5) is 4.79 Å². The molecule has 0 bridgehead atoms. The fourth-order valence-corrected chi connectivity index (χ4v) is 1.63. The zero-order valence-electron chi connectivity index (χ0n) is 10.6. The van der Waals surface area contributed by atoms with Gasteiger partial charge in [0.05, 0.1) is 6.42 Å². The van der Waals surface area contributed by atoms with E-state index in [9.17, 15) is 9.59 Å². The number of amides is 2. The van der Waals surface area contributed by atoms with E-state index in [1.54, 1.807) is 54.6 Å². The molecule has 0 aliphatic carbocycles. The zero-order valence-corrected chi connectivity index (χ0v) is 10.6. The van der Waals surface area contributed by atoms with Crippen molar-refractivity contribution < 1.29 is 19.5 Å². The van der Waals surface area contributed by atoms with E-state index in [1.807, 2.05) is 6.07 Å². The molecule has 5 nitrogen and oxygen atoms in total. The number of carbonyl (C=O) groups excluding carboxylic acids is 1. The lowest BCUT2D eigenvalue weighted by Crippen LogP contribution is -2.39. The average Bonchev–Trinajstić information content (AvgIpc) is 2.46. The summed E-state index contributed by atoms with van der Waals surface area (Å²) in [4.78, 5) is 28.2. The van der Waals surface area contributed by atoms with Gasteiger partial charge in [-0.2, -0.15) is 0 Å². The third-order valence-corrected chi connectivity index (χ3v) is 2.54. The van der Waals surface area contributed by atoms with Crippen molar-refractivity contribution in [3.63, 3.8) is 0 Å². The van der Waals surface area contributed by atoms with Gasteiger partial charge in [0.1, 0.15) is 0 Å². The number of carboxylic acid groups (broad SMARTS) is 1. The molecule has 20 heavy (non-hydrogen) atoms. The second-order valence-electron chi connectivity index (χ2n) is 4.04. The maximum Gasteiger partial charge on any atom is 0.448 e. The van der Waals surface area contributed by atoms with E-state index in [4.69, 9.17) is 9.94 Å². The van der Waals surface area contributed by atoms with Crippen LogP contribution < -0.4 is 4.84 Å². The molecule has 102 valence electrons. The van der Waals surface area contributed by atoms with Crippen LogP contribution in [0.5, 0.6) is 5.75 Å². The summed E-state index contributed by atoms with van der Waals surface area (Å²) in [5, 5.41) is 9.41. The predicted octanol–water partition coefficient (Wildman–Crippen LogP) is 2.73. The van der Waals surface area contributed by atoms with Crippen LogP contribution in [0.15, 0.2) is 60.7 Å². The van der Waals surface area contributed by atoms with Crippen LogP contribution in [-0.4, -0.2) is 22.2 Å². The summed E-state index contributed by atoms with van der Waals surface area (Å²) in [7, 11) is 0. The molecule has 2 rings (SSSR count). The number of benzene rings is 2. The Morgan fingerprint density at radius 1 is 0.950 bits per heavy atom. The van der Waals surface area contributed by atoms with E-state index in [0.29, 0.717) is 5.06 Å². The van der Waals surface area contributed by atoms with Crippen molar-refractivity contribution in [2.45, 2.75) is 6.42 Å². The molecule has 0 aliphatic rings. The summed E-state index contributed by atoms with van der Waals surface area (Å²) in [6.45, 7) is 0. The van der Waals surface area contributed by atoms with Crippen molar-refractivity contribution in [3.8, 4) is 5.75 Å². The molecule has 1 N–H and O–H groups in total. The summed E-state index contributed by atoms with van der Waals surface area (Å²) in [6.07, 6.45) is -1.49. The average molecular weight is 271 g/mol. The molecular formula is C15H13NO4. The molecule has 0 heterocycles. The first-order valence-electron chi connectivity index (χ1n) is 5.99. The third-order valence-electron chi connectivity index (χ3n) is 2.54. The van der Waals surface area contributed by atoms with Gasteiger partial charge < -0.3 is 9.94 Å². The third kappa shape index (κ3) is 3.58. The van der Waals surface area contributed by atoms with Crippen LogP contribution in [-0.2, 0) is 11.2 Å². The van der Waals surface area contributed by atoms with Gasteiger partial charge in [0, 0.05) is 0 Å². The van der Waals surface area contributed by atoms with Crippen molar-refractivity contribution in [2.24, 2.45) is 0 Å². The summed E-state index contributed by atoms with van der Waals surface area (Å²) in [5.74, 6) is -0.358. The van der Waals surface area contributed by atoms with Gasteiger partial charge in [-0.3, -0.25) is 4.79 Å². The number of hydrogen-bond acceptors (Lipinski definition) is 3. The highest BCUT2D eigenvalue weighted by atomic mass is 16.7. The van der Waals surface area contributed by atoms with E-state index in [2.05, 4.69) is 0 Å². The molecule has 0 radical (unpaired) electrons. The molecule has 0 unspecified atom stereocenters. The highest BCUT2D eigenvalue weighted by Crippen LogP contribution is 2.12. The van der Waals surface area contributed by atoms with Crippen LogP contribution in [0.3, 0.4) is 0 Å². The minimum absolute atomic E-state index is 0.0417. The lowest BCUT2D eigenvalue weighted by atomic mass is 10.1. The Morgan fingerprint density at radius 3 is 2.05 bits per heavy atom. The number of nitrogens with zero attached hydrogens (tertiary/aromatic N) is 1. The normalized spacial score (nSPS) is 9.80. The van der Waals surface area contributed by atoms with E-state index >= 15 is 0 Å². The van der Waals surface area contributed by atoms with Crippen LogP contribution in [0.25, 0.3) is 0 Å². The van der Waals surface area contributed by atoms with Crippen molar-refractivity contribution in [3.05, 3.63) is 66.2 Å². The summed E-state index contributed by atoms with van der Waals surface area (Å²) in [5.41, 5.74) is 0.723. The number of carbonyl (C=O) groups is 2. The van der Waals surface area contributed by atoms with Gasteiger partial charge in [-0.05, 0) is 17.7 Å². The summed E-state index contributed by atoms with van der Waals surface area (Å²) < 4.78 is 0. The van der Waals surface area contributed by atoms with Crippen LogP contribution >= 0.6 is 0 Å². The SMILES string of the molecule is O=C(O)N(Oc1ccccc1)C(=O)Cc1ccccc1. The van der Waals surface area contributed by atoms with Crippen molar-refractivity contribution in [2.75, 3.05) is 0 Å². The van der Waals surface area contributed by atoms with Gasteiger partial charge in [0.25, 0.3) is 5.91 Å². The van der Waals surface area contributed by atoms with Gasteiger partial charge in [0.15, 0.2) is 5.75 Å². The van der Waals surface area contributed by atoms with Crippen LogP contribution in [0.2, 0.25) is 0 Å². The largest absolute Gasteiger partial charge is 0.462 e. The molecule has 0 saturated heterocycles. The first-order chi connectivity index (χ1) is 9.66. The minimum atomic E-state index is -1.45. The number of rotatable bonds is 4. The van der Waals surface area contributed by atoms with Gasteiger partial charge >= 0.3 is 6.09 Å². The Labute approximate surface area is 116 Å². The molecule has 2 amide bonds. The Morgan fingerprint density at radius 2 is 1.50 bits per heavy atom. The Balaban J connectivity index is 2.09. The first kappa shape index (κ1) is 13.6. The standard InChI is InChI=1S/C15H13NO4/c17-14(11-12-7-3-1-4-8-12)16(15(18)19)20-13-9-5-2-6-10-13/h1-10H,11H2,(H,18,19). The second-order valence-corrected chi connectivity index (χ2v) is 4.04. The van der Waals surface area contributed by atoms with Crippen molar-refractivity contribution >= 4 is 12.0 Å². The predicted molar refractivity (Wildman–Crippen MR) is 72.1 cm³/mol. The molecular weight excluding hydrogens is 258 g/mol. The smallest absolute Gasteiger partial charge is 0.448 e. The first-order valence-corrected chi connectivity index (χ1v) is 5.99. The molecule has 5 heteroatoms. The summed E-state index contributed by atoms with van der Waals surface area (Å²) in [6, 6.07) is 17.2. The van der Waals surface area contributed by atoms with Gasteiger partial charge in [-0.25, -0.2) is 4.79 Å². The number of imide groups is 1. The topological polar surface area (TPSA) is 66.8 Å². The molecule has 2 aromatic rings. The summed E-state index contributed by atoms with van der Waals surface area (Å²) >= 11 is 0. The van der Waals surface area contributed by atoms with Crippen LogP contribution in [0, 0.1) is 0 Å². The lowest BCUT2D eigenvalue weighted by Gasteiger charge is -2.17. The lowest BCUT2D eigenvalue weighted by molar-refractivity contribution is -0.149. The van der Waals surface area contributed by atoms with Gasteiger partial charge in [-0.15, -0.1) is 0 Å². The second kappa shape index (κ2) is 6.38. The maximum atomic E-state index is 12.0. The molecule has 0 aromatic heterocycles. The van der Waals surface area contributed by atoms with Crippen molar-refractivity contribution in [1.82, 2.24) is 5.06 Å². The number of hydroxylamine groups is 2. The molecule has 0 atom stereocenters. The molecule has 0 spiro atoms. The fraction of sp³-hybridized carbons (Fsp3) is 0.0667. The van der Waals surface area contributed by atoms with E-state index in [0.717, 1.165) is 5.56 Å². The van der Waals surface area contributed by atoms with E-state index in [-0.39, 0.29) is 12.2 Å². The quantitative estimate of drug-likeness (QED) is 0.868. The highest BCUT2D eigenvalue weighted by Gasteiger charge is 2.23. The van der Waals surface area contributed by atoms with Gasteiger partial charge in [-0.1, -0.05) is 53.6 Å². The maximum absolute atomic E-state index is 12.0. The Kier molecular flexibility index (Phi) is 4.34. The molecule has 0 saturated carbocycles. The van der Waals surface area contributed by atoms with E-state index < -0.39 is 12.0 Å². The van der Waals surface area contributed by atoms with Gasteiger partial charge in [0.2, 0.25) is 0 Å². The molecule has 2 aromatic carbocycles. The zero-order chi connectivity index (χ0) is 14.4.